The minimum atomic E-state index is -2.21. The van der Waals surface area contributed by atoms with Gasteiger partial charge in [0.05, 0.1) is 6.42 Å². The van der Waals surface area contributed by atoms with Crippen LogP contribution in [0.2, 0.25) is 0 Å². The lowest BCUT2D eigenvalue weighted by atomic mass is 9.98. The van der Waals surface area contributed by atoms with Gasteiger partial charge in [-0.3, -0.25) is 19.2 Å². The van der Waals surface area contributed by atoms with Crippen LogP contribution in [0.5, 0.6) is 0 Å². The summed E-state index contributed by atoms with van der Waals surface area (Å²) in [6.45, 7) is 0. The Labute approximate surface area is 123 Å². The van der Waals surface area contributed by atoms with Crippen LogP contribution in [0, 0.1) is 5.92 Å². The predicted molar refractivity (Wildman–Crippen MR) is 65.7 cm³/mol. The van der Waals surface area contributed by atoms with Gasteiger partial charge in [-0.1, -0.05) is 0 Å². The van der Waals surface area contributed by atoms with Crippen molar-refractivity contribution in [2.45, 2.75) is 31.4 Å². The minimum absolute atomic E-state index is 0.350. The highest BCUT2D eigenvalue weighted by Gasteiger charge is 2.38. The van der Waals surface area contributed by atoms with Crippen LogP contribution in [0.4, 0.5) is 0 Å². The first-order valence-corrected chi connectivity index (χ1v) is 5.91. The molecule has 6 N–H and O–H groups in total. The van der Waals surface area contributed by atoms with Crippen LogP contribution in [0.25, 0.3) is 0 Å². The van der Waals surface area contributed by atoms with Crippen LogP contribution in [0.3, 0.4) is 0 Å². The average Bonchev–Trinajstić information content (AvgIpc) is 2.38. The molecular formula is C11H15NO10. The number of rotatable bonds is 10. The number of esters is 1. The third-order valence-corrected chi connectivity index (χ3v) is 2.56. The van der Waals surface area contributed by atoms with Gasteiger partial charge in [0.25, 0.3) is 0 Å². The molecule has 11 heteroatoms. The van der Waals surface area contributed by atoms with E-state index in [1.165, 1.54) is 0 Å². The highest BCUT2D eigenvalue weighted by molar-refractivity contribution is 5.87. The fraction of sp³-hybridized carbons (Fsp3) is 0.545. The Morgan fingerprint density at radius 3 is 1.82 bits per heavy atom. The van der Waals surface area contributed by atoms with Crippen molar-refractivity contribution in [2.75, 3.05) is 0 Å². The number of carboxylic acids is 4. The number of hydrogen-bond acceptors (Lipinski definition) is 7. The normalized spacial score (nSPS) is 14.4. The first-order valence-electron chi connectivity index (χ1n) is 5.91. The van der Waals surface area contributed by atoms with E-state index in [0.29, 0.717) is 0 Å². The molecule has 0 radical (unpaired) electrons. The zero-order valence-electron chi connectivity index (χ0n) is 11.2. The molecule has 0 heterocycles. The van der Waals surface area contributed by atoms with Gasteiger partial charge in [0.2, 0.25) is 6.10 Å². The van der Waals surface area contributed by atoms with Crippen molar-refractivity contribution in [3.63, 3.8) is 0 Å². The highest BCUT2D eigenvalue weighted by Crippen LogP contribution is 2.15. The van der Waals surface area contributed by atoms with Gasteiger partial charge < -0.3 is 30.9 Å². The standard InChI is InChI=1S/C11H15NO10/c12-5(10(18)19)1-2-7(15)22-8(11(20)21)4(9(16)17)3-6(13)14/h4-5,8H,1-3,12H2,(H,13,14)(H,16,17)(H,18,19)(H,20,21)/t4?,5-,8?/m0/s1. The Morgan fingerprint density at radius 1 is 0.909 bits per heavy atom. The minimum Gasteiger partial charge on any atom is -0.481 e. The van der Waals surface area contributed by atoms with Crippen molar-refractivity contribution in [3.05, 3.63) is 0 Å². The van der Waals surface area contributed by atoms with Crippen molar-refractivity contribution < 1.29 is 49.1 Å². The smallest absolute Gasteiger partial charge is 0.345 e. The predicted octanol–water partition coefficient (Wildman–Crippen LogP) is -1.65. The Hall–Kier alpha value is -2.69. The van der Waals surface area contributed by atoms with Crippen molar-refractivity contribution in [1.29, 1.82) is 0 Å². The van der Waals surface area contributed by atoms with Gasteiger partial charge in [0.15, 0.2) is 0 Å². The monoisotopic (exact) mass is 321 g/mol. The summed E-state index contributed by atoms with van der Waals surface area (Å²) < 4.78 is 4.44. The van der Waals surface area contributed by atoms with Crippen LogP contribution in [-0.4, -0.2) is 62.4 Å². The maximum atomic E-state index is 11.4. The SMILES string of the molecule is N[C@@H](CCC(=O)OC(C(=O)O)C(CC(=O)O)C(=O)O)C(=O)O. The fourth-order valence-corrected chi connectivity index (χ4v) is 1.41. The van der Waals surface area contributed by atoms with Gasteiger partial charge in [0, 0.05) is 6.42 Å². The molecule has 124 valence electrons. The average molecular weight is 321 g/mol. The maximum Gasteiger partial charge on any atom is 0.345 e. The molecule has 0 aliphatic heterocycles. The zero-order valence-corrected chi connectivity index (χ0v) is 11.2. The summed E-state index contributed by atoms with van der Waals surface area (Å²) >= 11 is 0. The van der Waals surface area contributed by atoms with Crippen LogP contribution < -0.4 is 5.73 Å². The van der Waals surface area contributed by atoms with E-state index in [0.717, 1.165) is 0 Å². The Balaban J connectivity index is 4.85. The van der Waals surface area contributed by atoms with E-state index >= 15 is 0 Å². The summed E-state index contributed by atoms with van der Waals surface area (Å²) in [6, 6.07) is -1.37. The largest absolute Gasteiger partial charge is 0.481 e. The van der Waals surface area contributed by atoms with Gasteiger partial charge >= 0.3 is 29.8 Å². The second kappa shape index (κ2) is 8.56. The zero-order chi connectivity index (χ0) is 17.4. The van der Waals surface area contributed by atoms with E-state index in [9.17, 15) is 24.0 Å². The summed E-state index contributed by atoms with van der Waals surface area (Å²) in [5, 5.41) is 34.8. The van der Waals surface area contributed by atoms with E-state index in [-0.39, 0.29) is 6.42 Å². The molecule has 0 saturated heterocycles. The van der Waals surface area contributed by atoms with Crippen molar-refractivity contribution >= 4 is 29.8 Å². The molecule has 0 rings (SSSR count). The first kappa shape index (κ1) is 19.3. The molecule has 0 aliphatic carbocycles. The third-order valence-electron chi connectivity index (χ3n) is 2.56. The number of carboxylic acid groups (broad SMARTS) is 4. The van der Waals surface area contributed by atoms with Crippen molar-refractivity contribution in [2.24, 2.45) is 11.7 Å². The summed E-state index contributed by atoms with van der Waals surface area (Å²) in [5.74, 6) is -9.72. The molecule has 11 nitrogen and oxygen atoms in total. The van der Waals surface area contributed by atoms with Gasteiger partial charge in [0.1, 0.15) is 12.0 Å². The third kappa shape index (κ3) is 6.65. The van der Waals surface area contributed by atoms with E-state index in [1.54, 1.807) is 0 Å². The molecule has 0 aromatic heterocycles. The number of carbonyl (C=O) groups excluding carboxylic acids is 1. The van der Waals surface area contributed by atoms with Crippen LogP contribution in [0.1, 0.15) is 19.3 Å². The van der Waals surface area contributed by atoms with Gasteiger partial charge in [-0.15, -0.1) is 0 Å². The number of nitrogens with two attached hydrogens (primary N) is 1. The molecule has 0 fully saturated rings. The summed E-state index contributed by atoms with van der Waals surface area (Å²) in [5.41, 5.74) is 5.13. The molecule has 0 bridgehead atoms. The molecule has 3 atom stereocenters. The van der Waals surface area contributed by atoms with Crippen LogP contribution >= 0.6 is 0 Å². The molecule has 0 spiro atoms. The Kier molecular flexibility index (Phi) is 7.52. The molecule has 0 amide bonds. The van der Waals surface area contributed by atoms with Crippen LogP contribution in [0.15, 0.2) is 0 Å². The lowest BCUT2D eigenvalue weighted by Gasteiger charge is -2.19. The quantitative estimate of drug-likeness (QED) is 0.288. The molecule has 0 aromatic carbocycles. The Bertz CT molecular complexity index is 473. The number of aliphatic carboxylic acids is 4. The maximum absolute atomic E-state index is 11.4. The molecule has 0 saturated carbocycles. The number of ether oxygens (including phenoxy) is 1. The second-order valence-corrected chi connectivity index (χ2v) is 4.27. The highest BCUT2D eigenvalue weighted by atomic mass is 16.6. The van der Waals surface area contributed by atoms with E-state index in [4.69, 9.17) is 26.2 Å². The topological polar surface area (TPSA) is 202 Å². The number of hydrogen-bond donors (Lipinski definition) is 5. The van der Waals surface area contributed by atoms with Crippen molar-refractivity contribution in [3.8, 4) is 0 Å². The Morgan fingerprint density at radius 2 is 1.45 bits per heavy atom. The van der Waals surface area contributed by atoms with E-state index < -0.39 is 60.8 Å². The van der Waals surface area contributed by atoms with Gasteiger partial charge in [-0.05, 0) is 6.42 Å². The first-order chi connectivity index (χ1) is 10.1. The second-order valence-electron chi connectivity index (χ2n) is 4.27. The summed E-state index contributed by atoms with van der Waals surface area (Å²) in [4.78, 5) is 54.3. The van der Waals surface area contributed by atoms with Crippen LogP contribution in [-0.2, 0) is 28.7 Å². The van der Waals surface area contributed by atoms with Gasteiger partial charge in [-0.2, -0.15) is 0 Å². The molecule has 2 unspecified atom stereocenters. The van der Waals surface area contributed by atoms with E-state index in [2.05, 4.69) is 4.74 Å². The fourth-order valence-electron chi connectivity index (χ4n) is 1.41. The lowest BCUT2D eigenvalue weighted by molar-refractivity contribution is -0.174. The van der Waals surface area contributed by atoms with Crippen molar-refractivity contribution in [1.82, 2.24) is 0 Å². The lowest BCUT2D eigenvalue weighted by Crippen LogP contribution is -2.40. The molecule has 0 aromatic rings. The number of carbonyl (C=O) groups is 5. The molecular weight excluding hydrogens is 306 g/mol. The molecule has 22 heavy (non-hydrogen) atoms. The molecule has 0 aliphatic rings. The summed E-state index contributed by atoms with van der Waals surface area (Å²) in [6.07, 6.45) is -4.18. The van der Waals surface area contributed by atoms with E-state index in [1.807, 2.05) is 0 Å². The van der Waals surface area contributed by atoms with Gasteiger partial charge in [-0.25, -0.2) is 4.79 Å². The summed E-state index contributed by atoms with van der Waals surface area (Å²) in [7, 11) is 0.